The van der Waals surface area contributed by atoms with Crippen LogP contribution in [0.2, 0.25) is 0 Å². The van der Waals surface area contributed by atoms with E-state index in [4.69, 9.17) is 4.42 Å². The molecule has 0 saturated carbocycles. The average Bonchev–Trinajstić information content (AvgIpc) is 2.62. The molecule has 1 heterocycles. The quantitative estimate of drug-likeness (QED) is 0.603. The van der Waals surface area contributed by atoms with E-state index in [0.29, 0.717) is 0 Å². The number of rotatable bonds is 9. The van der Waals surface area contributed by atoms with Crippen LogP contribution in [-0.2, 0) is 6.54 Å². The molecule has 0 bridgehead atoms. The van der Waals surface area contributed by atoms with E-state index in [2.05, 4.69) is 44.1 Å². The maximum atomic E-state index is 5.48. The Morgan fingerprint density at radius 2 is 1.82 bits per heavy atom. The summed E-state index contributed by atoms with van der Waals surface area (Å²) in [7, 11) is 0. The van der Waals surface area contributed by atoms with Crippen molar-refractivity contribution in [3.8, 4) is 0 Å². The number of hydrogen-bond donors (Lipinski definition) is 1. The van der Waals surface area contributed by atoms with Crippen LogP contribution in [0.3, 0.4) is 0 Å². The third-order valence-corrected chi connectivity index (χ3v) is 4.41. The van der Waals surface area contributed by atoms with Crippen molar-refractivity contribution in [1.82, 2.24) is 5.32 Å². The van der Waals surface area contributed by atoms with Crippen molar-refractivity contribution in [3.05, 3.63) is 21.0 Å². The van der Waals surface area contributed by atoms with Gasteiger partial charge in [0, 0.05) is 0 Å². The molecule has 2 nitrogen and oxygen atoms in total. The monoisotopic (exact) mass is 365 g/mol. The molecule has 0 atom stereocenters. The van der Waals surface area contributed by atoms with Gasteiger partial charge in [0.1, 0.15) is 5.76 Å². The lowest BCUT2D eigenvalue weighted by Crippen LogP contribution is -2.14. The van der Waals surface area contributed by atoms with E-state index >= 15 is 0 Å². The lowest BCUT2D eigenvalue weighted by molar-refractivity contribution is 0.460. The van der Waals surface area contributed by atoms with Gasteiger partial charge in [-0.05, 0) is 50.9 Å². The molecule has 0 spiro atoms. The van der Waals surface area contributed by atoms with Gasteiger partial charge in [-0.15, -0.1) is 0 Å². The summed E-state index contributed by atoms with van der Waals surface area (Å²) in [6.07, 6.45) is 8.04. The van der Waals surface area contributed by atoms with Crippen molar-refractivity contribution in [2.45, 2.75) is 52.0 Å². The van der Waals surface area contributed by atoms with Crippen LogP contribution < -0.4 is 5.32 Å². The number of halogens is 2. The summed E-state index contributed by atoms with van der Waals surface area (Å²) >= 11 is 6.74. The second-order valence-electron chi connectivity index (χ2n) is 4.28. The minimum absolute atomic E-state index is 0.772. The summed E-state index contributed by atoms with van der Waals surface area (Å²) in [5.74, 6) is 0.967. The molecule has 0 saturated heterocycles. The van der Waals surface area contributed by atoms with Crippen LogP contribution in [0.4, 0.5) is 0 Å². The van der Waals surface area contributed by atoms with E-state index in [1.807, 2.05) is 6.07 Å². The van der Waals surface area contributed by atoms with Gasteiger partial charge in [0.15, 0.2) is 4.67 Å². The van der Waals surface area contributed by atoms with Crippen molar-refractivity contribution >= 4 is 31.9 Å². The molecule has 0 radical (unpaired) electrons. The molecule has 98 valence electrons. The predicted octanol–water partition coefficient (Wildman–Crippen LogP) is 5.25. The first-order chi connectivity index (χ1) is 8.24. The molecule has 1 aromatic rings. The Morgan fingerprint density at radius 1 is 1.12 bits per heavy atom. The molecule has 4 heteroatoms. The van der Waals surface area contributed by atoms with Crippen LogP contribution in [0, 0.1) is 0 Å². The lowest BCUT2D eigenvalue weighted by atomic mass is 10.1. The molecular formula is C13H21Br2NO. The summed E-state index contributed by atoms with van der Waals surface area (Å²) in [6.45, 7) is 4.13. The van der Waals surface area contributed by atoms with Gasteiger partial charge in [-0.3, -0.25) is 0 Å². The molecule has 0 fully saturated rings. The molecule has 0 amide bonds. The van der Waals surface area contributed by atoms with Gasteiger partial charge in [-0.2, -0.15) is 0 Å². The smallest absolute Gasteiger partial charge is 0.183 e. The molecule has 17 heavy (non-hydrogen) atoms. The minimum atomic E-state index is 0.772. The topological polar surface area (TPSA) is 25.2 Å². The molecule has 1 rings (SSSR count). The van der Waals surface area contributed by atoms with Crippen LogP contribution in [0.25, 0.3) is 0 Å². The number of furan rings is 1. The van der Waals surface area contributed by atoms with Crippen LogP contribution in [-0.4, -0.2) is 6.54 Å². The van der Waals surface area contributed by atoms with Crippen LogP contribution in [0.5, 0.6) is 0 Å². The highest BCUT2D eigenvalue weighted by molar-refractivity contribution is 9.13. The van der Waals surface area contributed by atoms with Gasteiger partial charge >= 0.3 is 0 Å². The Bertz CT molecular complexity index is 293. The van der Waals surface area contributed by atoms with Gasteiger partial charge in [0.2, 0.25) is 0 Å². The van der Waals surface area contributed by atoms with Crippen LogP contribution >= 0.6 is 31.9 Å². The number of unbranched alkanes of at least 4 members (excludes halogenated alkanes) is 5. The van der Waals surface area contributed by atoms with Crippen molar-refractivity contribution in [3.63, 3.8) is 0 Å². The number of hydrogen-bond acceptors (Lipinski definition) is 2. The zero-order chi connectivity index (χ0) is 12.5. The molecule has 0 aliphatic heterocycles. The molecule has 0 aliphatic carbocycles. The van der Waals surface area contributed by atoms with E-state index in [1.54, 1.807) is 0 Å². The SMILES string of the molecule is CCCCCCCCNCc1cc(Br)c(Br)o1. The largest absolute Gasteiger partial charge is 0.452 e. The van der Waals surface area contributed by atoms with Crippen molar-refractivity contribution < 1.29 is 4.42 Å². The fourth-order valence-electron chi connectivity index (χ4n) is 1.72. The van der Waals surface area contributed by atoms with E-state index in [-0.39, 0.29) is 0 Å². The van der Waals surface area contributed by atoms with Gasteiger partial charge in [0.05, 0.1) is 11.0 Å². The fraction of sp³-hybridized carbons (Fsp3) is 0.692. The first-order valence-electron chi connectivity index (χ1n) is 6.38. The van der Waals surface area contributed by atoms with Gasteiger partial charge in [-0.1, -0.05) is 39.0 Å². The van der Waals surface area contributed by atoms with E-state index in [9.17, 15) is 0 Å². The van der Waals surface area contributed by atoms with E-state index < -0.39 is 0 Å². The summed E-state index contributed by atoms with van der Waals surface area (Å²) in [5.41, 5.74) is 0. The zero-order valence-corrected chi connectivity index (χ0v) is 13.6. The molecule has 0 aliphatic rings. The normalized spacial score (nSPS) is 11.0. The fourth-order valence-corrected chi connectivity index (χ4v) is 2.38. The average molecular weight is 367 g/mol. The lowest BCUT2D eigenvalue weighted by Gasteiger charge is -2.02. The minimum Gasteiger partial charge on any atom is -0.452 e. The summed E-state index contributed by atoms with van der Waals surface area (Å²) < 4.78 is 7.23. The van der Waals surface area contributed by atoms with Crippen molar-refractivity contribution in [2.75, 3.05) is 6.54 Å². The first-order valence-corrected chi connectivity index (χ1v) is 7.97. The van der Waals surface area contributed by atoms with Gasteiger partial charge in [-0.25, -0.2) is 0 Å². The van der Waals surface area contributed by atoms with Crippen molar-refractivity contribution in [1.29, 1.82) is 0 Å². The Hall–Kier alpha value is 0.200. The summed E-state index contributed by atoms with van der Waals surface area (Å²) in [5, 5.41) is 3.40. The maximum Gasteiger partial charge on any atom is 0.183 e. The Balaban J connectivity index is 1.97. The molecule has 1 N–H and O–H groups in total. The van der Waals surface area contributed by atoms with Gasteiger partial charge < -0.3 is 9.73 Å². The van der Waals surface area contributed by atoms with E-state index in [0.717, 1.165) is 28.0 Å². The first kappa shape index (κ1) is 15.3. The number of nitrogens with one attached hydrogen (secondary N) is 1. The Morgan fingerprint density at radius 3 is 2.47 bits per heavy atom. The van der Waals surface area contributed by atoms with Gasteiger partial charge in [0.25, 0.3) is 0 Å². The molecule has 0 aromatic carbocycles. The third-order valence-electron chi connectivity index (χ3n) is 2.70. The molecular weight excluding hydrogens is 346 g/mol. The molecule has 0 unspecified atom stereocenters. The second-order valence-corrected chi connectivity index (χ2v) is 5.85. The summed E-state index contributed by atoms with van der Waals surface area (Å²) in [6, 6.07) is 2.00. The Labute approximate surface area is 121 Å². The molecule has 1 aromatic heterocycles. The highest BCUT2D eigenvalue weighted by Gasteiger charge is 2.04. The third kappa shape index (κ3) is 6.63. The zero-order valence-electron chi connectivity index (χ0n) is 10.4. The van der Waals surface area contributed by atoms with Crippen LogP contribution in [0.15, 0.2) is 19.6 Å². The second kappa shape index (κ2) is 9.17. The van der Waals surface area contributed by atoms with Crippen molar-refractivity contribution in [2.24, 2.45) is 0 Å². The van der Waals surface area contributed by atoms with Crippen LogP contribution in [0.1, 0.15) is 51.2 Å². The Kier molecular flexibility index (Phi) is 8.23. The highest BCUT2D eigenvalue weighted by Crippen LogP contribution is 2.26. The highest BCUT2D eigenvalue weighted by atomic mass is 79.9. The van der Waals surface area contributed by atoms with E-state index in [1.165, 1.54) is 38.5 Å². The standard InChI is InChI=1S/C13H21Br2NO/c1-2-3-4-5-6-7-8-16-10-11-9-12(14)13(15)17-11/h9,16H,2-8,10H2,1H3. The maximum absolute atomic E-state index is 5.48. The summed E-state index contributed by atoms with van der Waals surface area (Å²) in [4.78, 5) is 0. The predicted molar refractivity (Wildman–Crippen MR) is 79.2 cm³/mol.